The normalized spacial score (nSPS) is 21.2. The summed E-state index contributed by atoms with van der Waals surface area (Å²) in [7, 11) is 0. The molecular formula is C20H16N4O4. The molecule has 0 spiro atoms. The smallest absolute Gasteiger partial charge is 0.332 e. The molecule has 0 bridgehead atoms. The summed E-state index contributed by atoms with van der Waals surface area (Å²) in [4.78, 5) is 43.3. The number of H-pyrrole nitrogens is 1. The zero-order valence-corrected chi connectivity index (χ0v) is 15.0. The van der Waals surface area contributed by atoms with Crippen LogP contribution in [0.3, 0.4) is 0 Å². The Morgan fingerprint density at radius 1 is 1.11 bits per heavy atom. The standard InChI is InChI=1S/C20H16N4O4/c1-20-17-13(12-6-2-3-7-14(12)21-17)10-11-22(20)19(26)23(18(20)25)15-8-4-5-9-16(15)24(27)28/h2-9,21H,10-11H2,1H3. The van der Waals surface area contributed by atoms with Gasteiger partial charge in [0.05, 0.1) is 10.6 Å². The Hall–Kier alpha value is -3.68. The van der Waals surface area contributed by atoms with Crippen molar-refractivity contribution in [3.8, 4) is 0 Å². The van der Waals surface area contributed by atoms with Gasteiger partial charge in [0, 0.05) is 23.5 Å². The number of anilines is 1. The van der Waals surface area contributed by atoms with E-state index in [1.54, 1.807) is 13.0 Å². The average molecular weight is 376 g/mol. The van der Waals surface area contributed by atoms with E-state index in [4.69, 9.17) is 0 Å². The largest absolute Gasteiger partial charge is 0.356 e. The molecule has 28 heavy (non-hydrogen) atoms. The number of para-hydroxylation sites is 3. The van der Waals surface area contributed by atoms with Crippen LogP contribution in [0.1, 0.15) is 18.2 Å². The maximum Gasteiger partial charge on any atom is 0.332 e. The van der Waals surface area contributed by atoms with Gasteiger partial charge in [-0.1, -0.05) is 30.3 Å². The second kappa shape index (κ2) is 5.41. The van der Waals surface area contributed by atoms with E-state index in [-0.39, 0.29) is 11.4 Å². The molecule has 3 aromatic rings. The molecule has 140 valence electrons. The number of aromatic amines is 1. The van der Waals surface area contributed by atoms with E-state index in [0.717, 1.165) is 21.4 Å². The minimum absolute atomic E-state index is 0.00390. The Morgan fingerprint density at radius 2 is 1.82 bits per heavy atom. The maximum atomic E-state index is 13.5. The highest BCUT2D eigenvalue weighted by Gasteiger charge is 2.59. The van der Waals surface area contributed by atoms with E-state index in [2.05, 4.69) is 4.98 Å². The molecule has 1 N–H and O–H groups in total. The Morgan fingerprint density at radius 3 is 2.61 bits per heavy atom. The second-order valence-electron chi connectivity index (χ2n) is 7.17. The van der Waals surface area contributed by atoms with Gasteiger partial charge in [-0.15, -0.1) is 0 Å². The number of nitrogens with zero attached hydrogens (tertiary/aromatic N) is 3. The van der Waals surface area contributed by atoms with Crippen LogP contribution in [-0.2, 0) is 16.8 Å². The molecule has 0 radical (unpaired) electrons. The zero-order valence-electron chi connectivity index (χ0n) is 15.0. The SMILES string of the molecule is CC12C(=O)N(c3ccccc3[N+](=O)[O-])C(=O)N1CCc1c2[nH]c2ccccc12. The van der Waals surface area contributed by atoms with Crippen molar-refractivity contribution in [1.29, 1.82) is 0 Å². The van der Waals surface area contributed by atoms with E-state index in [0.29, 0.717) is 18.7 Å². The van der Waals surface area contributed by atoms with Crippen LogP contribution in [0.2, 0.25) is 0 Å². The van der Waals surface area contributed by atoms with E-state index < -0.39 is 22.4 Å². The number of fused-ring (bicyclic) bond motifs is 5. The molecular weight excluding hydrogens is 360 g/mol. The Bertz CT molecular complexity index is 1180. The number of aromatic nitrogens is 1. The summed E-state index contributed by atoms with van der Waals surface area (Å²) >= 11 is 0. The number of imide groups is 1. The number of nitrogens with one attached hydrogen (secondary N) is 1. The van der Waals surface area contributed by atoms with Crippen molar-refractivity contribution in [2.24, 2.45) is 0 Å². The van der Waals surface area contributed by atoms with Crippen LogP contribution in [0.15, 0.2) is 48.5 Å². The molecule has 2 aliphatic heterocycles. The maximum absolute atomic E-state index is 13.5. The summed E-state index contributed by atoms with van der Waals surface area (Å²) in [5.41, 5.74) is 1.09. The summed E-state index contributed by atoms with van der Waals surface area (Å²) in [5.74, 6) is -0.487. The molecule has 1 fully saturated rings. The number of nitro groups is 1. The lowest BCUT2D eigenvalue weighted by Gasteiger charge is -2.35. The molecule has 3 heterocycles. The molecule has 3 amide bonds. The summed E-state index contributed by atoms with van der Waals surface area (Å²) in [6.45, 7) is 2.07. The van der Waals surface area contributed by atoms with Gasteiger partial charge in [-0.25, -0.2) is 9.69 Å². The first kappa shape index (κ1) is 16.5. The van der Waals surface area contributed by atoms with Gasteiger partial charge in [0.2, 0.25) is 0 Å². The Labute approximate surface area is 159 Å². The lowest BCUT2D eigenvalue weighted by Crippen LogP contribution is -2.49. The van der Waals surface area contributed by atoms with Crippen LogP contribution >= 0.6 is 0 Å². The molecule has 1 atom stereocenters. The second-order valence-corrected chi connectivity index (χ2v) is 7.17. The van der Waals surface area contributed by atoms with Gasteiger partial charge in [0.25, 0.3) is 11.6 Å². The molecule has 0 saturated carbocycles. The molecule has 2 aliphatic rings. The Kier molecular flexibility index (Phi) is 3.19. The third-order valence-corrected chi connectivity index (χ3v) is 5.79. The van der Waals surface area contributed by atoms with Crippen molar-refractivity contribution in [3.63, 3.8) is 0 Å². The molecule has 1 unspecified atom stereocenters. The predicted molar refractivity (Wildman–Crippen MR) is 102 cm³/mol. The van der Waals surface area contributed by atoms with E-state index >= 15 is 0 Å². The summed E-state index contributed by atoms with van der Waals surface area (Å²) in [6.07, 6.45) is 0.610. The third kappa shape index (κ3) is 1.89. The fraction of sp³-hybridized carbons (Fsp3) is 0.200. The lowest BCUT2D eigenvalue weighted by molar-refractivity contribution is -0.384. The molecule has 1 saturated heterocycles. The average Bonchev–Trinajstić information content (AvgIpc) is 3.16. The van der Waals surface area contributed by atoms with Crippen LogP contribution in [-0.4, -0.2) is 33.3 Å². The van der Waals surface area contributed by atoms with Crippen molar-refractivity contribution in [2.75, 3.05) is 11.4 Å². The van der Waals surface area contributed by atoms with Gasteiger partial charge in [0.1, 0.15) is 5.69 Å². The fourth-order valence-electron chi connectivity index (χ4n) is 4.41. The molecule has 8 heteroatoms. The van der Waals surface area contributed by atoms with Gasteiger partial charge < -0.3 is 9.88 Å². The molecule has 8 nitrogen and oxygen atoms in total. The molecule has 1 aromatic heterocycles. The third-order valence-electron chi connectivity index (χ3n) is 5.79. The monoisotopic (exact) mass is 376 g/mol. The van der Waals surface area contributed by atoms with Crippen LogP contribution in [0.25, 0.3) is 10.9 Å². The Balaban J connectivity index is 1.71. The first-order chi connectivity index (χ1) is 13.4. The van der Waals surface area contributed by atoms with Gasteiger partial charge in [-0.05, 0) is 31.0 Å². The van der Waals surface area contributed by atoms with Gasteiger partial charge in [0.15, 0.2) is 5.54 Å². The number of carbonyl (C=O) groups excluding carboxylic acids is 2. The van der Waals surface area contributed by atoms with Crippen molar-refractivity contribution < 1.29 is 14.5 Å². The topological polar surface area (TPSA) is 99.6 Å². The number of urea groups is 1. The highest BCUT2D eigenvalue weighted by atomic mass is 16.6. The van der Waals surface area contributed by atoms with Crippen LogP contribution < -0.4 is 4.90 Å². The number of hydrogen-bond donors (Lipinski definition) is 1. The van der Waals surface area contributed by atoms with Crippen molar-refractivity contribution in [2.45, 2.75) is 18.9 Å². The van der Waals surface area contributed by atoms with Gasteiger partial charge >= 0.3 is 6.03 Å². The lowest BCUT2D eigenvalue weighted by atomic mass is 9.87. The quantitative estimate of drug-likeness (QED) is 0.421. The van der Waals surface area contributed by atoms with Gasteiger partial charge in [-0.3, -0.25) is 14.9 Å². The highest BCUT2D eigenvalue weighted by Crippen LogP contribution is 2.46. The first-order valence-corrected chi connectivity index (χ1v) is 8.94. The van der Waals surface area contributed by atoms with E-state index in [1.807, 2.05) is 24.3 Å². The number of carbonyl (C=O) groups is 2. The first-order valence-electron chi connectivity index (χ1n) is 8.94. The number of hydrogen-bond acceptors (Lipinski definition) is 4. The number of rotatable bonds is 2. The van der Waals surface area contributed by atoms with Crippen LogP contribution in [0, 0.1) is 10.1 Å². The van der Waals surface area contributed by atoms with Crippen molar-refractivity contribution >= 4 is 34.2 Å². The number of amides is 3. The predicted octanol–water partition coefficient (Wildman–Crippen LogP) is 3.32. The minimum Gasteiger partial charge on any atom is -0.356 e. The van der Waals surface area contributed by atoms with Gasteiger partial charge in [-0.2, -0.15) is 0 Å². The molecule has 2 aromatic carbocycles. The highest BCUT2D eigenvalue weighted by molar-refractivity contribution is 6.24. The van der Waals surface area contributed by atoms with Crippen molar-refractivity contribution in [1.82, 2.24) is 9.88 Å². The zero-order chi connectivity index (χ0) is 19.6. The van der Waals surface area contributed by atoms with Crippen LogP contribution in [0.5, 0.6) is 0 Å². The summed E-state index contributed by atoms with van der Waals surface area (Å²) in [5, 5.41) is 12.5. The van der Waals surface area contributed by atoms with E-state index in [9.17, 15) is 19.7 Å². The summed E-state index contributed by atoms with van der Waals surface area (Å²) < 4.78 is 0. The number of nitro benzene ring substituents is 1. The van der Waals surface area contributed by atoms with Crippen LogP contribution in [0.4, 0.5) is 16.2 Å². The number of benzene rings is 2. The van der Waals surface area contributed by atoms with E-state index in [1.165, 1.54) is 23.1 Å². The molecule has 0 aliphatic carbocycles. The summed E-state index contributed by atoms with van der Waals surface area (Å²) in [6, 6.07) is 13.1. The molecule has 5 rings (SSSR count). The fourth-order valence-corrected chi connectivity index (χ4v) is 4.41. The van der Waals surface area contributed by atoms with Crippen molar-refractivity contribution in [3.05, 3.63) is 69.9 Å². The minimum atomic E-state index is -1.23.